The predicted octanol–water partition coefficient (Wildman–Crippen LogP) is 1.62. The summed E-state index contributed by atoms with van der Waals surface area (Å²) in [5.74, 6) is 0. The van der Waals surface area contributed by atoms with Gasteiger partial charge in [0.05, 0.1) is 0 Å². The first-order valence-corrected chi connectivity index (χ1v) is 3.23. The maximum absolute atomic E-state index is 4.69. The van der Waals surface area contributed by atoms with Crippen molar-refractivity contribution in [3.63, 3.8) is 0 Å². The minimum atomic E-state index is 0.859. The van der Waals surface area contributed by atoms with E-state index in [0.29, 0.717) is 0 Å². The van der Waals surface area contributed by atoms with Gasteiger partial charge in [0.1, 0.15) is 0 Å². The molecule has 0 fully saturated rings. The van der Waals surface area contributed by atoms with Crippen LogP contribution in [-0.2, 0) is 6.42 Å². The topological polar surface area (TPSA) is 12.9 Å². The van der Waals surface area contributed by atoms with Crippen LogP contribution in [0.4, 0.5) is 0 Å². The highest BCUT2D eigenvalue weighted by Gasteiger charge is 1.83. The van der Waals surface area contributed by atoms with E-state index in [4.69, 9.17) is 0 Å². The number of pyridine rings is 1. The van der Waals surface area contributed by atoms with Crippen molar-refractivity contribution in [3.05, 3.63) is 30.1 Å². The number of aromatic nitrogens is 1. The van der Waals surface area contributed by atoms with Crippen molar-refractivity contribution in [1.29, 1.82) is 0 Å². The van der Waals surface area contributed by atoms with Crippen LogP contribution >= 0.6 is 12.2 Å². The summed E-state index contributed by atoms with van der Waals surface area (Å²) in [5.41, 5.74) is 1.22. The maximum atomic E-state index is 4.69. The Bertz CT molecular complexity index is 183. The number of thiocarbonyl (C=S) groups is 1. The van der Waals surface area contributed by atoms with Gasteiger partial charge in [0, 0.05) is 18.8 Å². The van der Waals surface area contributed by atoms with E-state index in [-0.39, 0.29) is 0 Å². The van der Waals surface area contributed by atoms with Crippen molar-refractivity contribution in [1.82, 2.24) is 4.98 Å². The Balaban J connectivity index is 2.72. The Morgan fingerprint density at radius 2 is 2.11 bits per heavy atom. The Labute approximate surface area is 59.7 Å². The maximum Gasteiger partial charge on any atom is 0.0270 e. The Hall–Kier alpha value is -0.760. The highest BCUT2D eigenvalue weighted by atomic mass is 32.1. The van der Waals surface area contributed by atoms with Gasteiger partial charge in [0.2, 0.25) is 0 Å². The van der Waals surface area contributed by atoms with Crippen LogP contribution in [0.15, 0.2) is 24.5 Å². The van der Waals surface area contributed by atoms with Gasteiger partial charge in [-0.05, 0) is 23.1 Å². The molecule has 0 aromatic carbocycles. The van der Waals surface area contributed by atoms with Gasteiger partial charge in [-0.25, -0.2) is 0 Å². The fourth-order valence-corrected chi connectivity index (χ4v) is 0.808. The fraction of sp³-hybridized carbons (Fsp3) is 0.143. The number of nitrogens with zero attached hydrogens (tertiary/aromatic N) is 1. The van der Waals surface area contributed by atoms with Gasteiger partial charge in [0.15, 0.2) is 0 Å². The number of rotatable bonds is 2. The Morgan fingerprint density at radius 3 is 2.67 bits per heavy atom. The SMILES string of the molecule is S=CCc1ccncc1. The standard InChI is InChI=1S/C7H7NS/c9-6-3-7-1-4-8-5-2-7/h1-2,4-6H,3H2. The lowest BCUT2D eigenvalue weighted by Gasteiger charge is -1.89. The molecule has 0 amide bonds. The first kappa shape index (κ1) is 6.36. The number of hydrogen-bond acceptors (Lipinski definition) is 2. The average molecular weight is 137 g/mol. The van der Waals surface area contributed by atoms with Gasteiger partial charge in [-0.15, -0.1) is 0 Å². The normalized spacial score (nSPS) is 8.89. The predicted molar refractivity (Wildman–Crippen MR) is 41.6 cm³/mol. The number of hydrogen-bond donors (Lipinski definition) is 0. The van der Waals surface area contributed by atoms with Crippen LogP contribution in [0.1, 0.15) is 5.56 Å². The van der Waals surface area contributed by atoms with Gasteiger partial charge >= 0.3 is 0 Å². The first-order valence-electron chi connectivity index (χ1n) is 2.76. The fourth-order valence-electron chi connectivity index (χ4n) is 0.615. The van der Waals surface area contributed by atoms with Crippen LogP contribution in [0.2, 0.25) is 0 Å². The summed E-state index contributed by atoms with van der Waals surface area (Å²) in [6.07, 6.45) is 4.40. The lowest BCUT2D eigenvalue weighted by molar-refractivity contribution is 1.26. The summed E-state index contributed by atoms with van der Waals surface area (Å²) < 4.78 is 0. The van der Waals surface area contributed by atoms with Crippen LogP contribution in [0, 0.1) is 0 Å². The van der Waals surface area contributed by atoms with E-state index in [2.05, 4.69) is 17.2 Å². The van der Waals surface area contributed by atoms with E-state index in [1.165, 1.54) is 5.56 Å². The van der Waals surface area contributed by atoms with Crippen molar-refractivity contribution in [2.24, 2.45) is 0 Å². The highest BCUT2D eigenvalue weighted by molar-refractivity contribution is 7.78. The van der Waals surface area contributed by atoms with Crippen LogP contribution in [0.3, 0.4) is 0 Å². The quantitative estimate of drug-likeness (QED) is 0.574. The molecule has 1 heterocycles. The van der Waals surface area contributed by atoms with Crippen molar-refractivity contribution in [3.8, 4) is 0 Å². The molecule has 0 spiro atoms. The molecular formula is C7H7NS. The van der Waals surface area contributed by atoms with Crippen molar-refractivity contribution < 1.29 is 0 Å². The molecule has 0 aliphatic rings. The zero-order chi connectivity index (χ0) is 6.53. The molecule has 9 heavy (non-hydrogen) atoms. The molecule has 0 N–H and O–H groups in total. The molecule has 0 bridgehead atoms. The third-order valence-electron chi connectivity index (χ3n) is 1.07. The van der Waals surface area contributed by atoms with Crippen molar-refractivity contribution in [2.45, 2.75) is 6.42 Å². The second-order valence-electron chi connectivity index (χ2n) is 1.73. The van der Waals surface area contributed by atoms with Gasteiger partial charge in [-0.3, -0.25) is 4.98 Å². The van der Waals surface area contributed by atoms with Crippen LogP contribution in [0.25, 0.3) is 0 Å². The molecular weight excluding hydrogens is 130 g/mol. The molecule has 0 atom stereocenters. The summed E-state index contributed by atoms with van der Waals surface area (Å²) in [6.45, 7) is 0. The van der Waals surface area contributed by atoms with Gasteiger partial charge in [0.25, 0.3) is 0 Å². The van der Waals surface area contributed by atoms with E-state index < -0.39 is 0 Å². The molecule has 2 heteroatoms. The minimum Gasteiger partial charge on any atom is -0.265 e. The van der Waals surface area contributed by atoms with Crippen molar-refractivity contribution in [2.75, 3.05) is 0 Å². The summed E-state index contributed by atoms with van der Waals surface area (Å²) >= 11 is 4.69. The van der Waals surface area contributed by atoms with Crippen LogP contribution in [-0.4, -0.2) is 10.4 Å². The highest BCUT2D eigenvalue weighted by Crippen LogP contribution is 1.94. The molecule has 0 radical (unpaired) electrons. The third kappa shape index (κ3) is 1.90. The Kier molecular flexibility index (Phi) is 2.33. The smallest absolute Gasteiger partial charge is 0.0270 e. The Morgan fingerprint density at radius 1 is 1.44 bits per heavy atom. The van der Waals surface area contributed by atoms with E-state index in [9.17, 15) is 0 Å². The molecule has 0 aliphatic heterocycles. The molecule has 0 unspecified atom stereocenters. The molecule has 1 aromatic heterocycles. The first-order chi connectivity index (χ1) is 4.43. The van der Waals surface area contributed by atoms with E-state index in [1.807, 2.05) is 12.1 Å². The third-order valence-corrected chi connectivity index (χ3v) is 1.24. The summed E-state index contributed by atoms with van der Waals surface area (Å²) in [5, 5.41) is 1.72. The summed E-state index contributed by atoms with van der Waals surface area (Å²) in [4.78, 5) is 3.88. The molecule has 1 rings (SSSR count). The largest absolute Gasteiger partial charge is 0.265 e. The van der Waals surface area contributed by atoms with E-state index in [0.717, 1.165) is 6.42 Å². The van der Waals surface area contributed by atoms with Gasteiger partial charge in [-0.2, -0.15) is 0 Å². The molecule has 1 nitrogen and oxygen atoms in total. The van der Waals surface area contributed by atoms with Gasteiger partial charge < -0.3 is 0 Å². The molecule has 0 saturated heterocycles. The lowest BCUT2D eigenvalue weighted by Crippen LogP contribution is -1.82. The second-order valence-corrected chi connectivity index (χ2v) is 2.06. The minimum absolute atomic E-state index is 0.859. The molecule has 46 valence electrons. The molecule has 0 aliphatic carbocycles. The average Bonchev–Trinajstić information content (AvgIpc) is 1.91. The summed E-state index contributed by atoms with van der Waals surface area (Å²) in [6, 6.07) is 3.92. The monoisotopic (exact) mass is 137 g/mol. The van der Waals surface area contributed by atoms with Crippen LogP contribution < -0.4 is 0 Å². The van der Waals surface area contributed by atoms with E-state index in [1.54, 1.807) is 17.8 Å². The lowest BCUT2D eigenvalue weighted by atomic mass is 10.2. The van der Waals surface area contributed by atoms with E-state index >= 15 is 0 Å². The second kappa shape index (κ2) is 3.30. The summed E-state index contributed by atoms with van der Waals surface area (Å²) in [7, 11) is 0. The van der Waals surface area contributed by atoms with Crippen molar-refractivity contribution >= 4 is 17.6 Å². The molecule has 1 aromatic rings. The van der Waals surface area contributed by atoms with Gasteiger partial charge in [-0.1, -0.05) is 12.2 Å². The zero-order valence-electron chi connectivity index (χ0n) is 4.95. The zero-order valence-corrected chi connectivity index (χ0v) is 5.77. The molecule has 0 saturated carbocycles. The van der Waals surface area contributed by atoms with Crippen LogP contribution in [0.5, 0.6) is 0 Å².